The summed E-state index contributed by atoms with van der Waals surface area (Å²) in [5.74, 6) is 0. The zero-order chi connectivity index (χ0) is 14.5. The average Bonchev–Trinajstić information content (AvgIpc) is 2.85. The van der Waals surface area contributed by atoms with Crippen LogP contribution in [-0.4, -0.2) is 24.2 Å². The van der Waals surface area contributed by atoms with E-state index < -0.39 is 0 Å². The van der Waals surface area contributed by atoms with Gasteiger partial charge in [-0.05, 0) is 17.7 Å². The molecule has 0 amide bonds. The van der Waals surface area contributed by atoms with Crippen LogP contribution < -0.4 is 4.90 Å². The summed E-state index contributed by atoms with van der Waals surface area (Å²) in [6.45, 7) is 1.15. The highest BCUT2D eigenvalue weighted by Crippen LogP contribution is 2.27. The zero-order valence-corrected chi connectivity index (χ0v) is 13.0. The van der Waals surface area contributed by atoms with Gasteiger partial charge in [-0.3, -0.25) is 0 Å². The Morgan fingerprint density at radius 2 is 2.05 bits per heavy atom. The number of aliphatic hydroxyl groups is 1. The van der Waals surface area contributed by atoms with Crippen LogP contribution >= 0.6 is 22.9 Å². The van der Waals surface area contributed by atoms with Crippen LogP contribution in [0, 0.1) is 0 Å². The third-order valence-corrected chi connectivity index (χ3v) is 4.30. The van der Waals surface area contributed by atoms with Crippen molar-refractivity contribution >= 4 is 28.1 Å². The van der Waals surface area contributed by atoms with E-state index in [1.54, 1.807) is 7.11 Å². The van der Waals surface area contributed by atoms with E-state index in [9.17, 15) is 5.11 Å². The quantitative estimate of drug-likeness (QED) is 0.890. The highest BCUT2D eigenvalue weighted by Gasteiger charge is 2.13. The fraction of sp³-hybridized carbons (Fsp3) is 0.357. The van der Waals surface area contributed by atoms with Gasteiger partial charge in [-0.2, -0.15) is 0 Å². The molecule has 0 unspecified atom stereocenters. The standard InChI is InChI=1S/C14H17ClN2O2S/c1-17(7-10-3-5-11(15)6-4-10)14-16-12(9-19-2)13(8-18)20-14/h3-6,18H,7-9H2,1-2H3. The minimum atomic E-state index is -0.00878. The molecule has 2 rings (SSSR count). The van der Waals surface area contributed by atoms with Crippen LogP contribution in [0.2, 0.25) is 5.02 Å². The lowest BCUT2D eigenvalue weighted by Crippen LogP contribution is -2.16. The van der Waals surface area contributed by atoms with Crippen molar-refractivity contribution in [1.82, 2.24) is 4.98 Å². The normalized spacial score (nSPS) is 10.8. The summed E-state index contributed by atoms with van der Waals surface area (Å²) in [6.07, 6.45) is 0. The van der Waals surface area contributed by atoms with Crippen LogP contribution in [0.3, 0.4) is 0 Å². The monoisotopic (exact) mass is 312 g/mol. The Morgan fingerprint density at radius 1 is 1.35 bits per heavy atom. The van der Waals surface area contributed by atoms with E-state index in [-0.39, 0.29) is 6.61 Å². The lowest BCUT2D eigenvalue weighted by atomic mass is 10.2. The summed E-state index contributed by atoms with van der Waals surface area (Å²) in [6, 6.07) is 7.75. The molecule has 1 aromatic carbocycles. The summed E-state index contributed by atoms with van der Waals surface area (Å²) in [5.41, 5.74) is 1.96. The molecule has 4 nitrogen and oxygen atoms in total. The Hall–Kier alpha value is -1.14. The van der Waals surface area contributed by atoms with Crippen molar-refractivity contribution in [2.24, 2.45) is 0 Å². The summed E-state index contributed by atoms with van der Waals surface area (Å²) in [4.78, 5) is 7.42. The van der Waals surface area contributed by atoms with E-state index >= 15 is 0 Å². The first-order chi connectivity index (χ1) is 9.63. The Labute approximate surface area is 127 Å². The van der Waals surface area contributed by atoms with E-state index in [1.165, 1.54) is 11.3 Å². The highest BCUT2D eigenvalue weighted by atomic mass is 35.5. The van der Waals surface area contributed by atoms with Gasteiger partial charge in [0, 0.05) is 25.7 Å². The lowest BCUT2D eigenvalue weighted by Gasteiger charge is -2.15. The van der Waals surface area contributed by atoms with E-state index in [1.807, 2.05) is 36.2 Å². The fourth-order valence-corrected chi connectivity index (χ4v) is 2.85. The molecule has 0 saturated heterocycles. The molecule has 0 aliphatic rings. The van der Waals surface area contributed by atoms with Crippen LogP contribution in [0.15, 0.2) is 24.3 Å². The van der Waals surface area contributed by atoms with Crippen molar-refractivity contribution in [3.63, 3.8) is 0 Å². The summed E-state index contributed by atoms with van der Waals surface area (Å²) < 4.78 is 5.09. The van der Waals surface area contributed by atoms with Gasteiger partial charge in [0.1, 0.15) is 0 Å². The second kappa shape index (κ2) is 7.04. The number of aliphatic hydroxyl groups excluding tert-OH is 1. The van der Waals surface area contributed by atoms with Gasteiger partial charge in [-0.25, -0.2) is 4.98 Å². The van der Waals surface area contributed by atoms with Gasteiger partial charge in [-0.1, -0.05) is 35.1 Å². The van der Waals surface area contributed by atoms with Crippen LogP contribution in [0.4, 0.5) is 5.13 Å². The molecule has 6 heteroatoms. The first kappa shape index (κ1) is 15.3. The maximum atomic E-state index is 9.34. The van der Waals surface area contributed by atoms with Gasteiger partial charge >= 0.3 is 0 Å². The van der Waals surface area contributed by atoms with Crippen molar-refractivity contribution in [2.45, 2.75) is 19.8 Å². The molecule has 0 radical (unpaired) electrons. The van der Waals surface area contributed by atoms with E-state index in [2.05, 4.69) is 4.98 Å². The van der Waals surface area contributed by atoms with Crippen LogP contribution in [0.5, 0.6) is 0 Å². The number of anilines is 1. The van der Waals surface area contributed by atoms with Gasteiger partial charge < -0.3 is 14.7 Å². The molecular weight excluding hydrogens is 296 g/mol. The van der Waals surface area contributed by atoms with Crippen LogP contribution in [-0.2, 0) is 24.5 Å². The van der Waals surface area contributed by atoms with E-state index in [0.29, 0.717) is 6.61 Å². The molecule has 108 valence electrons. The zero-order valence-electron chi connectivity index (χ0n) is 11.5. The highest BCUT2D eigenvalue weighted by molar-refractivity contribution is 7.15. The number of hydrogen-bond acceptors (Lipinski definition) is 5. The summed E-state index contributed by atoms with van der Waals surface area (Å²) in [5, 5.41) is 10.9. The number of aromatic nitrogens is 1. The van der Waals surface area contributed by atoms with Crippen molar-refractivity contribution in [3.8, 4) is 0 Å². The van der Waals surface area contributed by atoms with Crippen LogP contribution in [0.1, 0.15) is 16.1 Å². The molecule has 0 fully saturated rings. The number of ether oxygens (including phenoxy) is 1. The Kier molecular flexibility index (Phi) is 5.37. The van der Waals surface area contributed by atoms with Gasteiger partial charge in [-0.15, -0.1) is 0 Å². The first-order valence-corrected chi connectivity index (χ1v) is 7.37. The molecule has 0 bridgehead atoms. The van der Waals surface area contributed by atoms with E-state index in [4.69, 9.17) is 16.3 Å². The Balaban J connectivity index is 2.12. The number of methoxy groups -OCH3 is 1. The number of halogens is 1. The van der Waals surface area contributed by atoms with Crippen molar-refractivity contribution in [1.29, 1.82) is 0 Å². The number of thiazole rings is 1. The van der Waals surface area contributed by atoms with Gasteiger partial charge in [0.2, 0.25) is 0 Å². The van der Waals surface area contributed by atoms with Gasteiger partial charge in [0.25, 0.3) is 0 Å². The number of nitrogens with zero attached hydrogens (tertiary/aromatic N) is 2. The summed E-state index contributed by atoms with van der Waals surface area (Å²) >= 11 is 7.37. The SMILES string of the molecule is COCc1nc(N(C)Cc2ccc(Cl)cc2)sc1CO. The van der Waals surface area contributed by atoms with Gasteiger partial charge in [0.15, 0.2) is 5.13 Å². The molecular formula is C14H17ClN2O2S. The lowest BCUT2D eigenvalue weighted by molar-refractivity contribution is 0.179. The molecule has 0 atom stereocenters. The molecule has 20 heavy (non-hydrogen) atoms. The number of hydrogen-bond donors (Lipinski definition) is 1. The molecule has 0 aliphatic heterocycles. The maximum absolute atomic E-state index is 9.34. The molecule has 2 aromatic rings. The average molecular weight is 313 g/mol. The second-order valence-electron chi connectivity index (χ2n) is 4.44. The van der Waals surface area contributed by atoms with Crippen molar-refractivity contribution in [2.75, 3.05) is 19.1 Å². The molecule has 0 spiro atoms. The predicted octanol–water partition coefficient (Wildman–Crippen LogP) is 3.07. The van der Waals surface area contributed by atoms with E-state index in [0.717, 1.165) is 32.8 Å². The van der Waals surface area contributed by atoms with Gasteiger partial charge in [0.05, 0.1) is 23.8 Å². The minimum absolute atomic E-state index is 0.00878. The third-order valence-electron chi connectivity index (χ3n) is 2.85. The molecule has 1 aromatic heterocycles. The molecule has 0 saturated carbocycles. The van der Waals surface area contributed by atoms with Crippen molar-refractivity contribution < 1.29 is 9.84 Å². The first-order valence-electron chi connectivity index (χ1n) is 6.18. The smallest absolute Gasteiger partial charge is 0.185 e. The minimum Gasteiger partial charge on any atom is -0.391 e. The fourth-order valence-electron chi connectivity index (χ4n) is 1.84. The summed E-state index contributed by atoms with van der Waals surface area (Å²) in [7, 11) is 3.60. The molecule has 0 aliphatic carbocycles. The largest absolute Gasteiger partial charge is 0.391 e. The second-order valence-corrected chi connectivity index (χ2v) is 5.94. The Bertz CT molecular complexity index is 557. The maximum Gasteiger partial charge on any atom is 0.185 e. The molecule has 1 heterocycles. The van der Waals surface area contributed by atoms with Crippen molar-refractivity contribution in [3.05, 3.63) is 45.4 Å². The third kappa shape index (κ3) is 3.70. The topological polar surface area (TPSA) is 45.6 Å². The number of rotatable bonds is 6. The Morgan fingerprint density at radius 3 is 2.65 bits per heavy atom. The number of benzene rings is 1. The van der Waals surface area contributed by atoms with Crippen LogP contribution in [0.25, 0.3) is 0 Å². The predicted molar refractivity (Wildman–Crippen MR) is 82.3 cm³/mol. The molecule has 1 N–H and O–H groups in total.